The highest BCUT2D eigenvalue weighted by Crippen LogP contribution is 1.60. The van der Waals surface area contributed by atoms with Crippen LogP contribution in [0.1, 0.15) is 27.7 Å². The van der Waals surface area contributed by atoms with Crippen molar-refractivity contribution >= 4 is 11.9 Å². The number of carbonyl (C=O) groups excluding carboxylic acids is 1. The standard InChI is InChI=1S/C3H6O2.C2H4O2.C2H6.CH4O/c1-3(4)5-2;1-2(3)4;2*1-2/h1-2H3;1H3,(H,3,4);1-2H3;2H,1H3. The fourth-order valence-corrected chi connectivity index (χ4v) is 0. The summed E-state index contributed by atoms with van der Waals surface area (Å²) >= 11 is 0. The normalized spacial score (nSPS) is 5.46. The third kappa shape index (κ3) is 1070. The zero-order valence-corrected chi connectivity index (χ0v) is 9.12. The average Bonchev–Trinajstić information content (AvgIpc) is 2.10. The Labute approximate surface area is 79.3 Å². The topological polar surface area (TPSA) is 83.8 Å². The number of rotatable bonds is 0. The lowest BCUT2D eigenvalue weighted by Gasteiger charge is -1.80. The van der Waals surface area contributed by atoms with Crippen molar-refractivity contribution in [2.75, 3.05) is 14.2 Å². The number of methoxy groups -OCH3 is 1. The molecule has 0 spiro atoms. The summed E-state index contributed by atoms with van der Waals surface area (Å²) < 4.78 is 4.11. The first-order chi connectivity index (χ1) is 6.00. The fourth-order valence-electron chi connectivity index (χ4n) is 0. The van der Waals surface area contributed by atoms with Gasteiger partial charge in [0.2, 0.25) is 0 Å². The van der Waals surface area contributed by atoms with E-state index in [9.17, 15) is 4.79 Å². The first-order valence-electron chi connectivity index (χ1n) is 3.69. The molecule has 2 N–H and O–H groups in total. The fraction of sp³-hybridized carbons (Fsp3) is 0.750. The summed E-state index contributed by atoms with van der Waals surface area (Å²) in [6.07, 6.45) is 0. The molecule has 82 valence electrons. The Kier molecular flexibility index (Phi) is 53.5. The molecular weight excluding hydrogens is 176 g/mol. The van der Waals surface area contributed by atoms with Crippen LogP contribution in [0.25, 0.3) is 0 Å². The monoisotopic (exact) mass is 196 g/mol. The number of carbonyl (C=O) groups is 2. The minimum Gasteiger partial charge on any atom is -0.481 e. The highest BCUT2D eigenvalue weighted by Gasteiger charge is 1.75. The van der Waals surface area contributed by atoms with Crippen molar-refractivity contribution in [2.45, 2.75) is 27.7 Å². The Bertz CT molecular complexity index is 96.7. The van der Waals surface area contributed by atoms with Gasteiger partial charge in [-0.3, -0.25) is 9.59 Å². The number of hydrogen-bond acceptors (Lipinski definition) is 4. The van der Waals surface area contributed by atoms with E-state index in [0.29, 0.717) is 0 Å². The molecule has 0 aromatic heterocycles. The quantitative estimate of drug-likeness (QED) is 0.562. The van der Waals surface area contributed by atoms with Crippen molar-refractivity contribution in [1.29, 1.82) is 0 Å². The first kappa shape index (κ1) is 22.7. The third-order valence-electron chi connectivity index (χ3n) is 0.287. The van der Waals surface area contributed by atoms with Crippen LogP contribution in [-0.2, 0) is 14.3 Å². The second kappa shape index (κ2) is 30.7. The summed E-state index contributed by atoms with van der Waals surface area (Å²) in [5.41, 5.74) is 0. The van der Waals surface area contributed by atoms with Crippen LogP contribution in [-0.4, -0.2) is 36.4 Å². The van der Waals surface area contributed by atoms with Gasteiger partial charge in [0.1, 0.15) is 0 Å². The van der Waals surface area contributed by atoms with Crippen LogP contribution in [0.3, 0.4) is 0 Å². The number of hydrogen-bond donors (Lipinski definition) is 2. The maximum atomic E-state index is 9.59. The van der Waals surface area contributed by atoms with Crippen molar-refractivity contribution < 1.29 is 24.5 Å². The molecule has 0 aromatic carbocycles. The Morgan fingerprint density at radius 1 is 1.08 bits per heavy atom. The van der Waals surface area contributed by atoms with E-state index < -0.39 is 5.97 Å². The molecule has 5 nitrogen and oxygen atoms in total. The van der Waals surface area contributed by atoms with Gasteiger partial charge in [-0.05, 0) is 0 Å². The number of esters is 1. The molecule has 0 saturated carbocycles. The van der Waals surface area contributed by atoms with Crippen molar-refractivity contribution in [3.05, 3.63) is 0 Å². The van der Waals surface area contributed by atoms with Gasteiger partial charge in [0.15, 0.2) is 0 Å². The molecule has 0 amide bonds. The molecule has 0 bridgehead atoms. The maximum absolute atomic E-state index is 9.59. The Morgan fingerprint density at radius 2 is 1.15 bits per heavy atom. The van der Waals surface area contributed by atoms with Crippen molar-refractivity contribution in [3.63, 3.8) is 0 Å². The summed E-state index contributed by atoms with van der Waals surface area (Å²) in [5.74, 6) is -1.08. The molecular formula is C8H20O5. The molecule has 0 aliphatic heterocycles. The summed E-state index contributed by atoms with van der Waals surface area (Å²) in [7, 11) is 2.35. The van der Waals surface area contributed by atoms with E-state index in [0.717, 1.165) is 14.0 Å². The summed E-state index contributed by atoms with van der Waals surface area (Å²) in [5, 5.41) is 14.4. The highest BCUT2D eigenvalue weighted by molar-refractivity contribution is 5.65. The molecule has 0 atom stereocenters. The SMILES string of the molecule is CC.CC(=O)O.CO.COC(C)=O. The van der Waals surface area contributed by atoms with Gasteiger partial charge in [0.05, 0.1) is 7.11 Å². The van der Waals surface area contributed by atoms with Crippen LogP contribution in [0.5, 0.6) is 0 Å². The van der Waals surface area contributed by atoms with Gasteiger partial charge in [-0.25, -0.2) is 0 Å². The molecule has 13 heavy (non-hydrogen) atoms. The van der Waals surface area contributed by atoms with Gasteiger partial charge in [-0.1, -0.05) is 13.8 Å². The smallest absolute Gasteiger partial charge is 0.302 e. The Morgan fingerprint density at radius 3 is 1.15 bits per heavy atom. The van der Waals surface area contributed by atoms with Crippen molar-refractivity contribution in [3.8, 4) is 0 Å². The van der Waals surface area contributed by atoms with Gasteiger partial charge in [0.25, 0.3) is 5.97 Å². The van der Waals surface area contributed by atoms with Gasteiger partial charge in [0, 0.05) is 21.0 Å². The van der Waals surface area contributed by atoms with E-state index in [-0.39, 0.29) is 5.97 Å². The molecule has 5 heteroatoms. The van der Waals surface area contributed by atoms with Gasteiger partial charge < -0.3 is 14.9 Å². The van der Waals surface area contributed by atoms with E-state index >= 15 is 0 Å². The van der Waals surface area contributed by atoms with E-state index in [1.54, 1.807) is 0 Å². The molecule has 0 saturated heterocycles. The largest absolute Gasteiger partial charge is 0.481 e. The second-order valence-corrected chi connectivity index (χ2v) is 1.21. The molecule has 0 aliphatic rings. The van der Waals surface area contributed by atoms with Crippen LogP contribution in [0.15, 0.2) is 0 Å². The number of carboxylic acids is 1. The third-order valence-corrected chi connectivity index (χ3v) is 0.287. The van der Waals surface area contributed by atoms with Crippen molar-refractivity contribution in [1.82, 2.24) is 0 Å². The van der Waals surface area contributed by atoms with Gasteiger partial charge in [-0.15, -0.1) is 0 Å². The predicted molar refractivity (Wildman–Crippen MR) is 50.5 cm³/mol. The van der Waals surface area contributed by atoms with Gasteiger partial charge >= 0.3 is 5.97 Å². The van der Waals surface area contributed by atoms with E-state index in [1.807, 2.05) is 13.8 Å². The molecule has 0 rings (SSSR count). The summed E-state index contributed by atoms with van der Waals surface area (Å²) in [6, 6.07) is 0. The highest BCUT2D eigenvalue weighted by atomic mass is 16.5. The van der Waals surface area contributed by atoms with E-state index in [4.69, 9.17) is 15.0 Å². The minimum absolute atomic E-state index is 0.245. The summed E-state index contributed by atoms with van der Waals surface area (Å²) in [6.45, 7) is 6.44. The maximum Gasteiger partial charge on any atom is 0.302 e. The summed E-state index contributed by atoms with van der Waals surface area (Å²) in [4.78, 5) is 18.6. The minimum atomic E-state index is -0.833. The number of aliphatic hydroxyl groups is 1. The first-order valence-corrected chi connectivity index (χ1v) is 3.69. The van der Waals surface area contributed by atoms with Crippen LogP contribution < -0.4 is 0 Å². The molecule has 0 radical (unpaired) electrons. The Balaban J connectivity index is -0.0000000457. The zero-order valence-electron chi connectivity index (χ0n) is 9.12. The number of ether oxygens (including phenoxy) is 1. The molecule has 0 heterocycles. The number of aliphatic carboxylic acids is 1. The Hall–Kier alpha value is -1.10. The second-order valence-electron chi connectivity index (χ2n) is 1.21. The van der Waals surface area contributed by atoms with E-state index in [2.05, 4.69) is 4.74 Å². The average molecular weight is 196 g/mol. The van der Waals surface area contributed by atoms with Gasteiger partial charge in [-0.2, -0.15) is 0 Å². The lowest BCUT2D eigenvalue weighted by Crippen LogP contribution is -1.88. The molecule has 0 fully saturated rings. The molecule has 0 unspecified atom stereocenters. The predicted octanol–water partition coefficient (Wildman–Crippen LogP) is 0.905. The molecule has 0 aliphatic carbocycles. The van der Waals surface area contributed by atoms with Crippen LogP contribution in [0, 0.1) is 0 Å². The zero-order chi connectivity index (χ0) is 11.9. The van der Waals surface area contributed by atoms with Crippen molar-refractivity contribution in [2.24, 2.45) is 0 Å². The van der Waals surface area contributed by atoms with Crippen LogP contribution >= 0.6 is 0 Å². The molecule has 0 aromatic rings. The lowest BCUT2D eigenvalue weighted by molar-refractivity contribution is -0.138. The number of aliphatic hydroxyl groups excluding tert-OH is 1. The van der Waals surface area contributed by atoms with E-state index in [1.165, 1.54) is 14.0 Å². The van der Waals surface area contributed by atoms with Crippen LogP contribution in [0.4, 0.5) is 0 Å². The number of carboxylic acid groups (broad SMARTS) is 1. The van der Waals surface area contributed by atoms with Crippen LogP contribution in [0.2, 0.25) is 0 Å². The lowest BCUT2D eigenvalue weighted by atomic mass is 10.8.